The van der Waals surface area contributed by atoms with Crippen molar-refractivity contribution in [2.75, 3.05) is 0 Å². The molecule has 1 aromatic heterocycles. The lowest BCUT2D eigenvalue weighted by molar-refractivity contribution is 0.0964. The van der Waals surface area contributed by atoms with Crippen LogP contribution < -0.4 is 0 Å². The van der Waals surface area contributed by atoms with Crippen molar-refractivity contribution in [2.45, 2.75) is 13.3 Å². The fourth-order valence-electron chi connectivity index (χ4n) is 2.16. The maximum absolute atomic E-state index is 12.1. The lowest BCUT2D eigenvalue weighted by atomic mass is 10.1. The molecule has 0 aliphatic heterocycles. The predicted octanol–water partition coefficient (Wildman–Crippen LogP) is 3.01. The number of carbonyl (C=O) groups excluding carboxylic acids is 1. The molecule has 0 saturated heterocycles. The van der Waals surface area contributed by atoms with E-state index >= 15 is 0 Å². The molecule has 1 aromatic carbocycles. The maximum Gasteiger partial charge on any atom is 0.168 e. The number of nitrogens with one attached hydrogen (secondary N) is 1. The van der Waals surface area contributed by atoms with Crippen LogP contribution in [0.1, 0.15) is 23.7 Å². The van der Waals surface area contributed by atoms with Gasteiger partial charge in [0.2, 0.25) is 0 Å². The first kappa shape index (κ1) is 8.72. The number of para-hydroxylation sites is 1. The van der Waals surface area contributed by atoms with E-state index in [1.165, 1.54) is 0 Å². The van der Waals surface area contributed by atoms with Gasteiger partial charge in [0, 0.05) is 28.6 Å². The van der Waals surface area contributed by atoms with Crippen molar-refractivity contribution in [2.24, 2.45) is 11.8 Å². The number of aromatic nitrogens is 1. The van der Waals surface area contributed by atoms with Crippen molar-refractivity contribution < 1.29 is 4.79 Å². The Hall–Kier alpha value is -1.57. The first-order valence-electron chi connectivity index (χ1n) is 5.37. The maximum atomic E-state index is 12.1. The number of Topliss-reactive ketones (excluding diaryl/α,β-unsaturated/α-hetero) is 1. The summed E-state index contributed by atoms with van der Waals surface area (Å²) in [7, 11) is 0. The van der Waals surface area contributed by atoms with Gasteiger partial charge in [-0.15, -0.1) is 0 Å². The lowest BCUT2D eigenvalue weighted by Crippen LogP contribution is -2.01. The average Bonchev–Trinajstić information content (AvgIpc) is 2.83. The molecule has 76 valence electrons. The monoisotopic (exact) mass is 199 g/mol. The molecule has 1 aliphatic carbocycles. The summed E-state index contributed by atoms with van der Waals surface area (Å²) in [4.78, 5) is 15.2. The quantitative estimate of drug-likeness (QED) is 0.741. The van der Waals surface area contributed by atoms with Gasteiger partial charge in [0.15, 0.2) is 5.78 Å². The summed E-state index contributed by atoms with van der Waals surface area (Å²) in [5, 5.41) is 1.06. The molecular weight excluding hydrogens is 186 g/mol. The Morgan fingerprint density at radius 1 is 1.40 bits per heavy atom. The van der Waals surface area contributed by atoms with Crippen LogP contribution in [0, 0.1) is 11.8 Å². The molecule has 1 heterocycles. The average molecular weight is 199 g/mol. The number of rotatable bonds is 2. The molecular formula is C13H13NO. The van der Waals surface area contributed by atoms with Crippen molar-refractivity contribution >= 4 is 16.7 Å². The van der Waals surface area contributed by atoms with Gasteiger partial charge in [0.05, 0.1) is 0 Å². The largest absolute Gasteiger partial charge is 0.360 e. The molecule has 2 heteroatoms. The first-order valence-corrected chi connectivity index (χ1v) is 5.37. The van der Waals surface area contributed by atoms with E-state index in [0.717, 1.165) is 22.9 Å². The Labute approximate surface area is 88.3 Å². The lowest BCUT2D eigenvalue weighted by Gasteiger charge is -1.96. The molecule has 2 unspecified atom stereocenters. The number of benzene rings is 1. The molecule has 0 amide bonds. The van der Waals surface area contributed by atoms with Crippen LogP contribution in [0.5, 0.6) is 0 Å². The van der Waals surface area contributed by atoms with Gasteiger partial charge in [0.1, 0.15) is 0 Å². The van der Waals surface area contributed by atoms with E-state index in [0.29, 0.717) is 11.7 Å². The van der Waals surface area contributed by atoms with Crippen LogP contribution in [0.15, 0.2) is 30.5 Å². The third-order valence-corrected chi connectivity index (χ3v) is 3.30. The van der Waals surface area contributed by atoms with Gasteiger partial charge in [-0.2, -0.15) is 0 Å². The predicted molar refractivity (Wildman–Crippen MR) is 59.9 cm³/mol. The van der Waals surface area contributed by atoms with E-state index in [2.05, 4.69) is 11.9 Å². The fourth-order valence-corrected chi connectivity index (χ4v) is 2.16. The molecule has 1 N–H and O–H groups in total. The summed E-state index contributed by atoms with van der Waals surface area (Å²) in [5.74, 6) is 1.15. The van der Waals surface area contributed by atoms with Crippen LogP contribution in [0.3, 0.4) is 0 Å². The second kappa shape index (κ2) is 2.96. The number of hydrogen-bond donors (Lipinski definition) is 1. The Bertz CT molecular complexity index is 526. The SMILES string of the molecule is CC1CC1C(=O)c1c[nH]c2ccccc12. The first-order chi connectivity index (χ1) is 7.27. The minimum atomic E-state index is 0.268. The molecule has 0 bridgehead atoms. The molecule has 2 aromatic rings. The van der Waals surface area contributed by atoms with Crippen LogP contribution >= 0.6 is 0 Å². The number of hydrogen-bond acceptors (Lipinski definition) is 1. The van der Waals surface area contributed by atoms with Crippen LogP contribution in [0.25, 0.3) is 10.9 Å². The van der Waals surface area contributed by atoms with Crippen LogP contribution in [-0.2, 0) is 0 Å². The van der Waals surface area contributed by atoms with Gasteiger partial charge in [-0.25, -0.2) is 0 Å². The molecule has 2 nitrogen and oxygen atoms in total. The van der Waals surface area contributed by atoms with Gasteiger partial charge in [-0.1, -0.05) is 25.1 Å². The van der Waals surface area contributed by atoms with Crippen LogP contribution in [-0.4, -0.2) is 10.8 Å². The standard InChI is InChI=1S/C13H13NO/c1-8-6-10(8)13(15)11-7-14-12-5-3-2-4-9(11)12/h2-5,7-8,10,14H,6H2,1H3. The van der Waals surface area contributed by atoms with E-state index in [9.17, 15) is 4.79 Å². The summed E-state index contributed by atoms with van der Waals surface area (Å²) >= 11 is 0. The third-order valence-electron chi connectivity index (χ3n) is 3.30. The number of ketones is 1. The zero-order valence-corrected chi connectivity index (χ0v) is 8.66. The van der Waals surface area contributed by atoms with E-state index < -0.39 is 0 Å². The molecule has 2 atom stereocenters. The Morgan fingerprint density at radius 2 is 2.13 bits per heavy atom. The normalized spacial score (nSPS) is 24.3. The minimum Gasteiger partial charge on any atom is -0.360 e. The van der Waals surface area contributed by atoms with E-state index in [4.69, 9.17) is 0 Å². The highest BCUT2D eigenvalue weighted by molar-refractivity contribution is 6.09. The van der Waals surface area contributed by atoms with Crippen molar-refractivity contribution in [1.82, 2.24) is 4.98 Å². The summed E-state index contributed by atoms with van der Waals surface area (Å²) < 4.78 is 0. The fraction of sp³-hybridized carbons (Fsp3) is 0.308. The summed E-state index contributed by atoms with van der Waals surface area (Å²) in [6.07, 6.45) is 2.90. The molecule has 0 spiro atoms. The summed E-state index contributed by atoms with van der Waals surface area (Å²) in [5.41, 5.74) is 1.91. The number of fused-ring (bicyclic) bond motifs is 1. The summed E-state index contributed by atoms with van der Waals surface area (Å²) in [6, 6.07) is 7.96. The van der Waals surface area contributed by atoms with Gasteiger partial charge >= 0.3 is 0 Å². The van der Waals surface area contributed by atoms with Crippen LogP contribution in [0.2, 0.25) is 0 Å². The molecule has 15 heavy (non-hydrogen) atoms. The van der Waals surface area contributed by atoms with Gasteiger partial charge in [-0.05, 0) is 18.4 Å². The highest BCUT2D eigenvalue weighted by Crippen LogP contribution is 2.41. The second-order valence-corrected chi connectivity index (χ2v) is 4.43. The zero-order valence-electron chi connectivity index (χ0n) is 8.66. The Balaban J connectivity index is 2.07. The van der Waals surface area contributed by atoms with Crippen molar-refractivity contribution in [1.29, 1.82) is 0 Å². The zero-order chi connectivity index (χ0) is 10.4. The van der Waals surface area contributed by atoms with Gasteiger partial charge < -0.3 is 4.98 Å². The number of aromatic amines is 1. The summed E-state index contributed by atoms with van der Waals surface area (Å²) in [6.45, 7) is 2.14. The van der Waals surface area contributed by atoms with Crippen molar-refractivity contribution in [3.63, 3.8) is 0 Å². The van der Waals surface area contributed by atoms with Crippen molar-refractivity contribution in [3.8, 4) is 0 Å². The molecule has 3 rings (SSSR count). The smallest absolute Gasteiger partial charge is 0.168 e. The number of carbonyl (C=O) groups is 1. The van der Waals surface area contributed by atoms with Gasteiger partial charge in [0.25, 0.3) is 0 Å². The highest BCUT2D eigenvalue weighted by atomic mass is 16.1. The molecule has 1 aliphatic rings. The second-order valence-electron chi connectivity index (χ2n) is 4.43. The van der Waals surface area contributed by atoms with E-state index in [-0.39, 0.29) is 5.92 Å². The van der Waals surface area contributed by atoms with E-state index in [1.807, 2.05) is 30.5 Å². The van der Waals surface area contributed by atoms with Crippen molar-refractivity contribution in [3.05, 3.63) is 36.0 Å². The van der Waals surface area contributed by atoms with Gasteiger partial charge in [-0.3, -0.25) is 4.79 Å². The molecule has 1 saturated carbocycles. The molecule has 0 radical (unpaired) electrons. The topological polar surface area (TPSA) is 32.9 Å². The Kier molecular flexibility index (Phi) is 1.72. The number of H-pyrrole nitrogens is 1. The highest BCUT2D eigenvalue weighted by Gasteiger charge is 2.39. The van der Waals surface area contributed by atoms with Crippen LogP contribution in [0.4, 0.5) is 0 Å². The third kappa shape index (κ3) is 1.29. The van der Waals surface area contributed by atoms with E-state index in [1.54, 1.807) is 0 Å². The molecule has 1 fully saturated rings. The Morgan fingerprint density at radius 3 is 2.87 bits per heavy atom. The minimum absolute atomic E-state index is 0.268.